The smallest absolute Gasteiger partial charge is 0.0922 e. The Labute approximate surface area is 91.1 Å². The first-order valence-electron chi connectivity index (χ1n) is 5.65. The Morgan fingerprint density at radius 1 is 1.67 bits per heavy atom. The number of hydrogen-bond acceptors (Lipinski definition) is 3. The minimum Gasteiger partial charge on any atom is -0.347 e. The van der Waals surface area contributed by atoms with Gasteiger partial charge in [0, 0.05) is 31.0 Å². The highest BCUT2D eigenvalue weighted by atomic mass is 15.1. The standard InChI is InChI=1S/C11H20N4/c1-9-7-15(2)4-3-11(9)13-6-10-5-12-8-14-10/h5,8-9,11,13H,3-4,6-7H2,1-2H3,(H,12,14). The number of H-pyrrole nitrogens is 1. The van der Waals surface area contributed by atoms with Crippen molar-refractivity contribution in [2.24, 2.45) is 5.92 Å². The molecule has 2 atom stereocenters. The maximum Gasteiger partial charge on any atom is 0.0922 e. The number of rotatable bonds is 3. The molecule has 4 nitrogen and oxygen atoms in total. The van der Waals surface area contributed by atoms with E-state index in [-0.39, 0.29) is 0 Å². The number of aromatic amines is 1. The van der Waals surface area contributed by atoms with Crippen molar-refractivity contribution >= 4 is 0 Å². The van der Waals surface area contributed by atoms with Gasteiger partial charge in [-0.05, 0) is 25.9 Å². The second kappa shape index (κ2) is 4.77. The van der Waals surface area contributed by atoms with E-state index in [0.717, 1.165) is 12.5 Å². The molecule has 4 heteroatoms. The molecule has 2 heterocycles. The van der Waals surface area contributed by atoms with E-state index in [4.69, 9.17) is 0 Å². The largest absolute Gasteiger partial charge is 0.347 e. The summed E-state index contributed by atoms with van der Waals surface area (Å²) >= 11 is 0. The van der Waals surface area contributed by atoms with Crippen LogP contribution in [0.4, 0.5) is 0 Å². The molecule has 1 aromatic rings. The van der Waals surface area contributed by atoms with E-state index >= 15 is 0 Å². The number of aromatic nitrogens is 2. The second-order valence-electron chi connectivity index (χ2n) is 4.59. The quantitative estimate of drug-likeness (QED) is 0.773. The van der Waals surface area contributed by atoms with E-state index in [1.807, 2.05) is 6.20 Å². The number of piperidine rings is 1. The maximum atomic E-state index is 4.01. The van der Waals surface area contributed by atoms with E-state index in [2.05, 4.69) is 34.2 Å². The molecule has 84 valence electrons. The van der Waals surface area contributed by atoms with Crippen molar-refractivity contribution in [2.75, 3.05) is 20.1 Å². The third-order valence-electron chi connectivity index (χ3n) is 3.22. The van der Waals surface area contributed by atoms with Crippen LogP contribution in [-0.4, -0.2) is 41.0 Å². The lowest BCUT2D eigenvalue weighted by atomic mass is 9.94. The third kappa shape index (κ3) is 2.79. The summed E-state index contributed by atoms with van der Waals surface area (Å²) in [6.07, 6.45) is 4.85. The third-order valence-corrected chi connectivity index (χ3v) is 3.22. The Morgan fingerprint density at radius 3 is 3.20 bits per heavy atom. The summed E-state index contributed by atoms with van der Waals surface area (Å²) in [5, 5.41) is 3.60. The zero-order valence-electron chi connectivity index (χ0n) is 9.53. The van der Waals surface area contributed by atoms with Gasteiger partial charge in [-0.3, -0.25) is 0 Å². The number of likely N-dealkylation sites (tertiary alicyclic amines) is 1. The van der Waals surface area contributed by atoms with Gasteiger partial charge in [0.15, 0.2) is 0 Å². The van der Waals surface area contributed by atoms with Gasteiger partial charge < -0.3 is 15.2 Å². The zero-order chi connectivity index (χ0) is 10.7. The topological polar surface area (TPSA) is 44.0 Å². The lowest BCUT2D eigenvalue weighted by molar-refractivity contribution is 0.174. The summed E-state index contributed by atoms with van der Waals surface area (Å²) < 4.78 is 0. The molecule has 2 N–H and O–H groups in total. The Morgan fingerprint density at radius 2 is 2.53 bits per heavy atom. The molecule has 1 aromatic heterocycles. The van der Waals surface area contributed by atoms with Crippen molar-refractivity contribution < 1.29 is 0 Å². The SMILES string of the molecule is CC1CN(C)CCC1NCc1cnc[nH]1. The Balaban J connectivity index is 1.79. The van der Waals surface area contributed by atoms with Crippen LogP contribution in [0.15, 0.2) is 12.5 Å². The summed E-state index contributed by atoms with van der Waals surface area (Å²) in [6.45, 7) is 5.62. The van der Waals surface area contributed by atoms with Crippen LogP contribution < -0.4 is 5.32 Å². The van der Waals surface area contributed by atoms with Crippen LogP contribution in [0.3, 0.4) is 0 Å². The first kappa shape index (κ1) is 10.6. The van der Waals surface area contributed by atoms with Crippen molar-refractivity contribution in [1.29, 1.82) is 0 Å². The van der Waals surface area contributed by atoms with Gasteiger partial charge in [0.1, 0.15) is 0 Å². The van der Waals surface area contributed by atoms with Crippen LogP contribution in [0.5, 0.6) is 0 Å². The summed E-state index contributed by atoms with van der Waals surface area (Å²) in [7, 11) is 2.20. The van der Waals surface area contributed by atoms with Crippen molar-refractivity contribution in [2.45, 2.75) is 25.9 Å². The molecule has 15 heavy (non-hydrogen) atoms. The molecule has 0 amide bonds. The van der Waals surface area contributed by atoms with Gasteiger partial charge in [0.25, 0.3) is 0 Å². The Bertz CT molecular complexity index is 283. The van der Waals surface area contributed by atoms with E-state index in [1.165, 1.54) is 25.2 Å². The maximum absolute atomic E-state index is 4.01. The summed E-state index contributed by atoms with van der Waals surface area (Å²) in [5.74, 6) is 0.728. The van der Waals surface area contributed by atoms with Gasteiger partial charge in [-0.25, -0.2) is 4.98 Å². The Hall–Kier alpha value is -0.870. The van der Waals surface area contributed by atoms with Crippen molar-refractivity contribution in [1.82, 2.24) is 20.2 Å². The molecule has 2 rings (SSSR count). The van der Waals surface area contributed by atoms with Crippen molar-refractivity contribution in [3.63, 3.8) is 0 Å². The van der Waals surface area contributed by atoms with E-state index < -0.39 is 0 Å². The molecule has 1 fully saturated rings. The van der Waals surface area contributed by atoms with Crippen LogP contribution in [0.2, 0.25) is 0 Å². The number of imidazole rings is 1. The van der Waals surface area contributed by atoms with Gasteiger partial charge in [-0.2, -0.15) is 0 Å². The van der Waals surface area contributed by atoms with Gasteiger partial charge in [0.2, 0.25) is 0 Å². The normalized spacial score (nSPS) is 28.1. The van der Waals surface area contributed by atoms with E-state index in [0.29, 0.717) is 6.04 Å². The fourth-order valence-electron chi connectivity index (χ4n) is 2.28. The predicted octanol–water partition coefficient (Wildman–Crippen LogP) is 0.839. The lowest BCUT2D eigenvalue weighted by Crippen LogP contribution is -2.46. The minimum atomic E-state index is 0.643. The van der Waals surface area contributed by atoms with Crippen LogP contribution >= 0.6 is 0 Å². The molecule has 1 aliphatic heterocycles. The van der Waals surface area contributed by atoms with Crippen LogP contribution in [0, 0.1) is 5.92 Å². The summed E-state index contributed by atoms with van der Waals surface area (Å²) in [6, 6.07) is 0.643. The average molecular weight is 208 g/mol. The highest BCUT2D eigenvalue weighted by molar-refractivity contribution is 4.94. The van der Waals surface area contributed by atoms with Gasteiger partial charge in [-0.1, -0.05) is 6.92 Å². The first-order valence-corrected chi connectivity index (χ1v) is 5.65. The predicted molar refractivity (Wildman–Crippen MR) is 60.5 cm³/mol. The molecule has 1 aliphatic rings. The Kier molecular flexibility index (Phi) is 3.38. The monoisotopic (exact) mass is 208 g/mol. The molecule has 0 aliphatic carbocycles. The van der Waals surface area contributed by atoms with Crippen molar-refractivity contribution in [3.05, 3.63) is 18.2 Å². The molecule has 0 spiro atoms. The molecule has 0 radical (unpaired) electrons. The summed E-state index contributed by atoms with van der Waals surface area (Å²) in [4.78, 5) is 9.53. The highest BCUT2D eigenvalue weighted by Gasteiger charge is 2.23. The molecule has 2 unspecified atom stereocenters. The molecular formula is C11H20N4. The fraction of sp³-hybridized carbons (Fsp3) is 0.727. The van der Waals surface area contributed by atoms with E-state index in [1.54, 1.807) is 6.33 Å². The van der Waals surface area contributed by atoms with Crippen LogP contribution in [-0.2, 0) is 6.54 Å². The van der Waals surface area contributed by atoms with Gasteiger partial charge >= 0.3 is 0 Å². The number of hydrogen-bond donors (Lipinski definition) is 2. The molecule has 1 saturated heterocycles. The molecule has 0 saturated carbocycles. The molecule has 0 bridgehead atoms. The highest BCUT2D eigenvalue weighted by Crippen LogP contribution is 2.15. The van der Waals surface area contributed by atoms with Crippen LogP contribution in [0.1, 0.15) is 19.0 Å². The second-order valence-corrected chi connectivity index (χ2v) is 4.59. The summed E-state index contributed by atoms with van der Waals surface area (Å²) in [5.41, 5.74) is 1.17. The molecular weight excluding hydrogens is 188 g/mol. The number of nitrogens with one attached hydrogen (secondary N) is 2. The fourth-order valence-corrected chi connectivity index (χ4v) is 2.28. The lowest BCUT2D eigenvalue weighted by Gasteiger charge is -2.35. The first-order chi connectivity index (χ1) is 7.25. The van der Waals surface area contributed by atoms with Crippen LogP contribution in [0.25, 0.3) is 0 Å². The zero-order valence-corrected chi connectivity index (χ0v) is 9.53. The molecule has 0 aromatic carbocycles. The van der Waals surface area contributed by atoms with Gasteiger partial charge in [-0.15, -0.1) is 0 Å². The van der Waals surface area contributed by atoms with Gasteiger partial charge in [0.05, 0.1) is 6.33 Å². The van der Waals surface area contributed by atoms with E-state index in [9.17, 15) is 0 Å². The van der Waals surface area contributed by atoms with Crippen molar-refractivity contribution in [3.8, 4) is 0 Å². The minimum absolute atomic E-state index is 0.643. The number of nitrogens with zero attached hydrogens (tertiary/aromatic N) is 2. The average Bonchev–Trinajstić information content (AvgIpc) is 2.69.